The minimum Gasteiger partial charge on any atom is -0.341 e. The first-order valence-corrected chi connectivity index (χ1v) is 9.88. The van der Waals surface area contributed by atoms with E-state index in [2.05, 4.69) is 22.9 Å². The Labute approximate surface area is 143 Å². The van der Waals surface area contributed by atoms with Gasteiger partial charge in [-0.2, -0.15) is 11.8 Å². The molecule has 2 aliphatic heterocycles. The van der Waals surface area contributed by atoms with Crippen LogP contribution in [-0.2, 0) is 4.79 Å². The molecule has 1 unspecified atom stereocenters. The molecule has 0 spiro atoms. The topological polar surface area (TPSA) is 96.2 Å². The lowest BCUT2D eigenvalue weighted by Gasteiger charge is -2.17. The lowest BCUT2D eigenvalue weighted by molar-refractivity contribution is -0.121. The van der Waals surface area contributed by atoms with Crippen molar-refractivity contribution >= 4 is 23.7 Å². The second-order valence-electron chi connectivity index (χ2n) is 6.54. The summed E-state index contributed by atoms with van der Waals surface area (Å²) in [5.41, 5.74) is 5.91. The Morgan fingerprint density at radius 1 is 1.35 bits per heavy atom. The number of unbranched alkanes of at least 4 members (excludes halogenated alkanes) is 3. The van der Waals surface area contributed by atoms with Gasteiger partial charge in [-0.15, -0.1) is 0 Å². The van der Waals surface area contributed by atoms with E-state index in [0.29, 0.717) is 11.7 Å². The van der Waals surface area contributed by atoms with Gasteiger partial charge in [0.25, 0.3) is 0 Å². The van der Waals surface area contributed by atoms with Crippen LogP contribution in [0.2, 0.25) is 0 Å². The van der Waals surface area contributed by atoms with Crippen LogP contribution in [0.5, 0.6) is 0 Å². The Morgan fingerprint density at radius 2 is 2.17 bits per heavy atom. The predicted octanol–water partition coefficient (Wildman–Crippen LogP) is 1.69. The third kappa shape index (κ3) is 5.88. The van der Waals surface area contributed by atoms with E-state index in [1.807, 2.05) is 11.8 Å². The number of carbonyl (C=O) groups excluding carboxylic acids is 2. The molecule has 2 fully saturated rings. The fourth-order valence-corrected chi connectivity index (χ4v) is 4.78. The Balaban J connectivity index is 1.53. The van der Waals surface area contributed by atoms with Gasteiger partial charge in [0, 0.05) is 17.4 Å². The largest absolute Gasteiger partial charge is 0.341 e. The minimum absolute atomic E-state index is 0.0401. The van der Waals surface area contributed by atoms with Crippen molar-refractivity contribution in [1.29, 1.82) is 0 Å². The Bertz CT molecular complexity index is 408. The van der Waals surface area contributed by atoms with Gasteiger partial charge < -0.3 is 21.7 Å². The highest BCUT2D eigenvalue weighted by atomic mass is 32.2. The van der Waals surface area contributed by atoms with E-state index in [9.17, 15) is 9.59 Å². The van der Waals surface area contributed by atoms with Crippen LogP contribution in [0.15, 0.2) is 0 Å². The Morgan fingerprint density at radius 3 is 2.96 bits per heavy atom. The number of amides is 3. The fourth-order valence-electron chi connectivity index (χ4n) is 3.24. The first-order chi connectivity index (χ1) is 11.1. The quantitative estimate of drug-likeness (QED) is 0.276. The molecule has 3 amide bonds. The predicted molar refractivity (Wildman–Crippen MR) is 94.2 cm³/mol. The Hall–Kier alpha value is -0.950. The van der Waals surface area contributed by atoms with Gasteiger partial charge >= 0.3 is 6.03 Å². The van der Waals surface area contributed by atoms with Crippen LogP contribution in [0.3, 0.4) is 0 Å². The van der Waals surface area contributed by atoms with Crippen LogP contribution in [0, 0.1) is 0 Å². The van der Waals surface area contributed by atoms with Crippen molar-refractivity contribution in [3.8, 4) is 0 Å². The van der Waals surface area contributed by atoms with Gasteiger partial charge in [-0.05, 0) is 19.3 Å². The molecule has 0 aliphatic carbocycles. The summed E-state index contributed by atoms with van der Waals surface area (Å²) in [6, 6.07) is 0.497. The Kier molecular flexibility index (Phi) is 7.49. The molecule has 0 saturated carbocycles. The highest BCUT2D eigenvalue weighted by Crippen LogP contribution is 2.33. The van der Waals surface area contributed by atoms with Crippen LogP contribution >= 0.6 is 11.8 Å². The third-order valence-electron chi connectivity index (χ3n) is 4.55. The molecule has 2 aliphatic rings. The zero-order valence-corrected chi connectivity index (χ0v) is 14.8. The zero-order chi connectivity index (χ0) is 16.7. The maximum Gasteiger partial charge on any atom is 0.315 e. The summed E-state index contributed by atoms with van der Waals surface area (Å²) < 4.78 is 0. The van der Waals surface area contributed by atoms with Crippen molar-refractivity contribution in [1.82, 2.24) is 16.0 Å². The normalized spacial score (nSPS) is 27.2. The van der Waals surface area contributed by atoms with Gasteiger partial charge in [-0.3, -0.25) is 4.79 Å². The average Bonchev–Trinajstić information content (AvgIpc) is 3.03. The lowest BCUT2D eigenvalue weighted by atomic mass is 10.0. The molecule has 0 radical (unpaired) electrons. The molecule has 132 valence electrons. The van der Waals surface area contributed by atoms with Gasteiger partial charge in [0.2, 0.25) is 5.91 Å². The number of rotatable bonds is 10. The third-order valence-corrected chi connectivity index (χ3v) is 6.05. The van der Waals surface area contributed by atoms with Crippen molar-refractivity contribution in [2.45, 2.75) is 81.8 Å². The molecule has 23 heavy (non-hydrogen) atoms. The van der Waals surface area contributed by atoms with E-state index < -0.39 is 0 Å². The van der Waals surface area contributed by atoms with Gasteiger partial charge in [-0.25, -0.2) is 4.79 Å². The summed E-state index contributed by atoms with van der Waals surface area (Å²) in [6.45, 7) is 2.15. The molecular weight excluding hydrogens is 312 g/mol. The van der Waals surface area contributed by atoms with E-state index in [-0.39, 0.29) is 30.2 Å². The fraction of sp³-hybridized carbons (Fsp3) is 0.875. The molecule has 2 rings (SSSR count). The molecule has 0 aromatic rings. The summed E-state index contributed by atoms with van der Waals surface area (Å²) in [6.07, 6.45) is 7.51. The molecule has 6 nitrogen and oxygen atoms in total. The van der Waals surface area contributed by atoms with Crippen LogP contribution in [0.4, 0.5) is 4.79 Å². The maximum absolute atomic E-state index is 11.8. The molecule has 0 aromatic carbocycles. The van der Waals surface area contributed by atoms with Crippen molar-refractivity contribution in [2.75, 3.05) is 5.75 Å². The lowest BCUT2D eigenvalue weighted by Crippen LogP contribution is -2.41. The maximum atomic E-state index is 11.8. The first-order valence-electron chi connectivity index (χ1n) is 8.83. The van der Waals surface area contributed by atoms with Gasteiger partial charge in [0.05, 0.1) is 18.2 Å². The SMILES string of the molecule is CCCCCC(N)NC(=O)CCCC[C@@H]1SC[C@@H]2NC(=O)N[C@@H]21. The molecule has 0 aromatic heterocycles. The number of carbonyl (C=O) groups is 2. The van der Waals surface area contributed by atoms with Gasteiger partial charge in [-0.1, -0.05) is 32.6 Å². The van der Waals surface area contributed by atoms with Crippen LogP contribution < -0.4 is 21.7 Å². The number of urea groups is 1. The van der Waals surface area contributed by atoms with E-state index in [1.165, 1.54) is 0 Å². The van der Waals surface area contributed by atoms with E-state index in [1.54, 1.807) is 0 Å². The van der Waals surface area contributed by atoms with Crippen molar-refractivity contribution in [3.05, 3.63) is 0 Å². The number of hydrogen-bond donors (Lipinski definition) is 4. The number of nitrogens with two attached hydrogens (primary N) is 1. The second kappa shape index (κ2) is 9.37. The van der Waals surface area contributed by atoms with Gasteiger partial charge in [0.1, 0.15) is 0 Å². The van der Waals surface area contributed by atoms with E-state index in [0.717, 1.165) is 50.7 Å². The number of thioether (sulfide) groups is 1. The summed E-state index contributed by atoms with van der Waals surface area (Å²) >= 11 is 1.92. The van der Waals surface area contributed by atoms with E-state index in [4.69, 9.17) is 5.73 Å². The van der Waals surface area contributed by atoms with Crippen LogP contribution in [0.25, 0.3) is 0 Å². The zero-order valence-electron chi connectivity index (χ0n) is 14.0. The summed E-state index contributed by atoms with van der Waals surface area (Å²) in [5.74, 6) is 1.04. The molecule has 2 saturated heterocycles. The highest BCUT2D eigenvalue weighted by molar-refractivity contribution is 8.00. The van der Waals surface area contributed by atoms with Crippen LogP contribution in [-0.4, -0.2) is 41.2 Å². The smallest absolute Gasteiger partial charge is 0.315 e. The standard InChI is InChI=1S/C16H30N4O2S/c1-2-3-4-8-13(17)19-14(21)9-6-5-7-12-15-11(10-23-12)18-16(22)20-15/h11-13,15H,2-10,17H2,1H3,(H,19,21)(H2,18,20,22)/t11-,12-,13?,15-/m0/s1. The molecule has 0 bridgehead atoms. The summed E-state index contributed by atoms with van der Waals surface area (Å²) in [5, 5.41) is 9.29. The highest BCUT2D eigenvalue weighted by Gasteiger charge is 2.42. The second-order valence-corrected chi connectivity index (χ2v) is 7.81. The van der Waals surface area contributed by atoms with E-state index >= 15 is 0 Å². The van der Waals surface area contributed by atoms with Crippen molar-refractivity contribution < 1.29 is 9.59 Å². The molecule has 7 heteroatoms. The number of hydrogen-bond acceptors (Lipinski definition) is 4. The summed E-state index contributed by atoms with van der Waals surface area (Å²) in [4.78, 5) is 23.2. The van der Waals surface area contributed by atoms with Crippen LogP contribution in [0.1, 0.15) is 58.3 Å². The average molecular weight is 343 g/mol. The molecule has 2 heterocycles. The first kappa shape index (κ1) is 18.4. The minimum atomic E-state index is -0.208. The van der Waals surface area contributed by atoms with Crippen molar-refractivity contribution in [3.63, 3.8) is 0 Å². The molecular formula is C16H30N4O2S. The summed E-state index contributed by atoms with van der Waals surface area (Å²) in [7, 11) is 0. The number of nitrogens with one attached hydrogen (secondary N) is 3. The van der Waals surface area contributed by atoms with Crippen molar-refractivity contribution in [2.24, 2.45) is 5.73 Å². The molecule has 4 atom stereocenters. The molecule has 5 N–H and O–H groups in total. The monoisotopic (exact) mass is 342 g/mol. The number of fused-ring (bicyclic) bond motifs is 1. The van der Waals surface area contributed by atoms with Gasteiger partial charge in [0.15, 0.2) is 0 Å².